The quantitative estimate of drug-likeness (QED) is 0.0250. The summed E-state index contributed by atoms with van der Waals surface area (Å²) in [5.74, 6) is -0.552. The molecule has 0 saturated carbocycles. The first-order valence-corrected chi connectivity index (χ1v) is 21.4. The van der Waals surface area contributed by atoms with Crippen LogP contribution in [-0.2, 0) is 27.9 Å². The zero-order valence-electron chi connectivity index (χ0n) is 32.5. The van der Waals surface area contributed by atoms with Crippen LogP contribution in [0.15, 0.2) is 72.9 Å². The van der Waals surface area contributed by atoms with Crippen LogP contribution in [0.5, 0.6) is 0 Å². The summed E-state index contributed by atoms with van der Waals surface area (Å²) in [5, 5.41) is 12.6. The number of esters is 1. The van der Waals surface area contributed by atoms with Gasteiger partial charge in [0.1, 0.15) is 12.7 Å². The van der Waals surface area contributed by atoms with Gasteiger partial charge in [-0.15, -0.1) is 0 Å². The second kappa shape index (κ2) is 38.2. The van der Waals surface area contributed by atoms with Crippen LogP contribution < -0.4 is 5.32 Å². The lowest BCUT2D eigenvalue weighted by atomic mass is 10.1. The molecule has 0 fully saturated rings. The zero-order valence-corrected chi connectivity index (χ0v) is 33.4. The molecule has 3 N–H and O–H groups in total. The number of aliphatic hydroxyl groups excluding tert-OH is 1. The number of amides is 1. The Morgan fingerprint density at radius 1 is 0.615 bits per heavy atom. The number of hydrogen-bond acceptors (Lipinski definition) is 7. The monoisotopic (exact) mass is 749 g/mol. The van der Waals surface area contributed by atoms with Crippen molar-refractivity contribution in [1.82, 2.24) is 5.32 Å². The molecule has 1 amide bonds. The number of allylic oxidation sites excluding steroid dienone is 12. The molecule has 0 aromatic heterocycles. The zero-order chi connectivity index (χ0) is 38.2. The molecule has 0 aromatic carbocycles. The molecule has 2 atom stereocenters. The van der Waals surface area contributed by atoms with Crippen LogP contribution in [-0.4, -0.2) is 54.3 Å². The molecule has 0 aliphatic heterocycles. The molecule has 0 aliphatic carbocycles. The average Bonchev–Trinajstić information content (AvgIpc) is 3.13. The predicted octanol–water partition coefficient (Wildman–Crippen LogP) is 10.7. The van der Waals surface area contributed by atoms with E-state index in [9.17, 15) is 24.2 Å². The third-order valence-corrected chi connectivity index (χ3v) is 8.89. The second-order valence-corrected chi connectivity index (χ2v) is 14.3. The van der Waals surface area contributed by atoms with Crippen LogP contribution in [0.2, 0.25) is 0 Å². The first-order chi connectivity index (χ1) is 25.3. The van der Waals surface area contributed by atoms with E-state index in [1.54, 1.807) is 0 Å². The number of unbranched alkanes of at least 4 members (excludes halogenated alkanes) is 11. The highest BCUT2D eigenvalue weighted by molar-refractivity contribution is 7.47. The van der Waals surface area contributed by atoms with E-state index in [2.05, 4.69) is 92.1 Å². The van der Waals surface area contributed by atoms with Crippen molar-refractivity contribution in [3.05, 3.63) is 72.9 Å². The number of phosphoric ester groups is 1. The van der Waals surface area contributed by atoms with Gasteiger partial charge < -0.3 is 20.1 Å². The maximum Gasteiger partial charge on any atom is 0.472 e. The largest absolute Gasteiger partial charge is 0.472 e. The Hall–Kier alpha value is -2.55. The molecule has 0 aromatic rings. The third kappa shape index (κ3) is 38.7. The summed E-state index contributed by atoms with van der Waals surface area (Å²) in [5.41, 5.74) is 0. The number of nitrogens with one attached hydrogen (secondary N) is 1. The minimum absolute atomic E-state index is 0.0638. The van der Waals surface area contributed by atoms with Crippen LogP contribution in [0, 0.1) is 0 Å². The van der Waals surface area contributed by atoms with Crippen LogP contribution in [0.4, 0.5) is 0 Å². The number of carbonyl (C=O) groups is 2. The first kappa shape index (κ1) is 49.5. The summed E-state index contributed by atoms with van der Waals surface area (Å²) in [6, 6.07) is 0. The number of phosphoric acid groups is 1. The number of rotatable bonds is 36. The fraction of sp³-hybridized carbons (Fsp3) is 0.667. The molecule has 0 bridgehead atoms. The fourth-order valence-electron chi connectivity index (χ4n) is 4.91. The van der Waals surface area contributed by atoms with E-state index in [4.69, 9.17) is 13.8 Å². The van der Waals surface area contributed by atoms with Crippen molar-refractivity contribution in [2.45, 2.75) is 155 Å². The van der Waals surface area contributed by atoms with Gasteiger partial charge in [0.05, 0.1) is 13.2 Å². The van der Waals surface area contributed by atoms with E-state index in [0.717, 1.165) is 89.9 Å². The van der Waals surface area contributed by atoms with Crippen molar-refractivity contribution >= 4 is 19.7 Å². The summed E-state index contributed by atoms with van der Waals surface area (Å²) < 4.78 is 26.7. The molecule has 0 spiro atoms. The highest BCUT2D eigenvalue weighted by Gasteiger charge is 2.23. The molecular weight excluding hydrogens is 677 g/mol. The van der Waals surface area contributed by atoms with Crippen LogP contribution >= 0.6 is 7.82 Å². The van der Waals surface area contributed by atoms with Gasteiger partial charge in [0.15, 0.2) is 0 Å². The molecule has 0 saturated heterocycles. The van der Waals surface area contributed by atoms with E-state index in [1.807, 2.05) is 0 Å². The lowest BCUT2D eigenvalue weighted by Gasteiger charge is -2.15. The molecular formula is C42H72NO8P. The van der Waals surface area contributed by atoms with Crippen molar-refractivity contribution in [3.63, 3.8) is 0 Å². The molecule has 0 aliphatic rings. The Labute approximate surface area is 316 Å². The van der Waals surface area contributed by atoms with Crippen molar-refractivity contribution in [3.8, 4) is 0 Å². The van der Waals surface area contributed by atoms with E-state index >= 15 is 0 Å². The van der Waals surface area contributed by atoms with Gasteiger partial charge in [-0.2, -0.15) is 0 Å². The van der Waals surface area contributed by atoms with Gasteiger partial charge in [-0.05, 0) is 64.2 Å². The molecule has 0 rings (SSSR count). The Balaban J connectivity index is 3.68. The molecule has 52 heavy (non-hydrogen) atoms. The highest BCUT2D eigenvalue weighted by Crippen LogP contribution is 2.42. The Kier molecular flexibility index (Phi) is 36.3. The Morgan fingerprint density at radius 2 is 1.10 bits per heavy atom. The number of hydrogen-bond donors (Lipinski definition) is 3. The maximum atomic E-state index is 12.0. The van der Waals surface area contributed by atoms with Gasteiger partial charge in [-0.25, -0.2) is 4.57 Å². The molecule has 0 heterocycles. The predicted molar refractivity (Wildman–Crippen MR) is 215 cm³/mol. The SMILES string of the molecule is CC/C=C\C/C=C\C/C=C\C/C=C\C/C=C\C/C=C\CCCCCCC(=O)NCCOP(=O)(O)OCC(O)COC(=O)CCCCCCCCCC. The number of ether oxygens (including phenoxy) is 1. The first-order valence-electron chi connectivity index (χ1n) is 19.9. The van der Waals surface area contributed by atoms with E-state index < -0.39 is 26.5 Å². The standard InChI is InChI=1S/C42H72NO8P/c1-3-5-7-9-11-13-14-15-16-17-18-19-20-21-22-23-24-25-26-27-28-30-32-34-41(45)43-36-37-50-52(47,48)51-39-40(44)38-49-42(46)35-33-31-29-12-10-8-6-4-2/h5,7,11,13,15-16,18-19,21-22,24-25,40,44H,3-4,6,8-10,12,14,17,20,23,26-39H2,1-2H3,(H,43,45)(H,47,48)/b7-5-,13-11-,16-15-,19-18-,22-21-,25-24-. The fourth-order valence-corrected chi connectivity index (χ4v) is 5.67. The summed E-state index contributed by atoms with van der Waals surface area (Å²) in [7, 11) is -4.42. The molecule has 9 nitrogen and oxygen atoms in total. The topological polar surface area (TPSA) is 131 Å². The molecule has 0 radical (unpaired) electrons. The van der Waals surface area contributed by atoms with Crippen molar-refractivity contribution in [1.29, 1.82) is 0 Å². The van der Waals surface area contributed by atoms with Crippen LogP contribution in [0.1, 0.15) is 149 Å². The number of aliphatic hydroxyl groups is 1. The normalized spacial score (nSPS) is 14.2. The molecule has 298 valence electrons. The lowest BCUT2D eigenvalue weighted by Crippen LogP contribution is -2.27. The molecule has 10 heteroatoms. The smallest absolute Gasteiger partial charge is 0.463 e. The van der Waals surface area contributed by atoms with Crippen LogP contribution in [0.3, 0.4) is 0 Å². The summed E-state index contributed by atoms with van der Waals surface area (Å²) in [6.07, 6.45) is 45.6. The van der Waals surface area contributed by atoms with E-state index in [1.165, 1.54) is 32.1 Å². The van der Waals surface area contributed by atoms with Crippen molar-refractivity contribution in [2.24, 2.45) is 0 Å². The van der Waals surface area contributed by atoms with Gasteiger partial charge in [-0.3, -0.25) is 18.6 Å². The van der Waals surface area contributed by atoms with E-state index in [-0.39, 0.29) is 32.1 Å². The van der Waals surface area contributed by atoms with Crippen LogP contribution in [0.25, 0.3) is 0 Å². The highest BCUT2D eigenvalue weighted by atomic mass is 31.2. The Bertz CT molecular complexity index is 1080. The number of carbonyl (C=O) groups excluding carboxylic acids is 2. The second-order valence-electron chi connectivity index (χ2n) is 12.9. The minimum atomic E-state index is -4.42. The third-order valence-electron chi connectivity index (χ3n) is 7.90. The van der Waals surface area contributed by atoms with Gasteiger partial charge in [0.2, 0.25) is 5.91 Å². The van der Waals surface area contributed by atoms with Gasteiger partial charge >= 0.3 is 13.8 Å². The van der Waals surface area contributed by atoms with E-state index in [0.29, 0.717) is 6.42 Å². The van der Waals surface area contributed by atoms with Gasteiger partial charge in [0.25, 0.3) is 0 Å². The summed E-state index contributed by atoms with van der Waals surface area (Å²) >= 11 is 0. The Morgan fingerprint density at radius 3 is 1.65 bits per heavy atom. The van der Waals surface area contributed by atoms with Crippen molar-refractivity contribution in [2.75, 3.05) is 26.4 Å². The molecule has 2 unspecified atom stereocenters. The summed E-state index contributed by atoms with van der Waals surface area (Å²) in [4.78, 5) is 33.7. The van der Waals surface area contributed by atoms with Gasteiger partial charge in [-0.1, -0.05) is 145 Å². The van der Waals surface area contributed by atoms with Gasteiger partial charge in [0, 0.05) is 19.4 Å². The minimum Gasteiger partial charge on any atom is -0.463 e. The lowest BCUT2D eigenvalue weighted by molar-refractivity contribution is -0.147. The average molecular weight is 750 g/mol. The van der Waals surface area contributed by atoms with Crippen molar-refractivity contribution < 1.29 is 37.9 Å². The summed E-state index contributed by atoms with van der Waals surface area (Å²) in [6.45, 7) is 3.34. The maximum absolute atomic E-state index is 12.0.